The molecule has 4 nitrogen and oxygen atoms in total. The van der Waals surface area contributed by atoms with Crippen LogP contribution >= 0.6 is 31.9 Å². The predicted molar refractivity (Wildman–Crippen MR) is 87.3 cm³/mol. The van der Waals surface area contributed by atoms with Crippen LogP contribution in [-0.2, 0) is 15.9 Å². The lowest BCUT2D eigenvalue weighted by Gasteiger charge is -2.21. The summed E-state index contributed by atoms with van der Waals surface area (Å²) in [5, 5.41) is 2.79. The van der Waals surface area contributed by atoms with Gasteiger partial charge in [-0.2, -0.15) is 0 Å². The average Bonchev–Trinajstić information content (AvgIpc) is 2.28. The molecule has 112 valence electrons. The van der Waals surface area contributed by atoms with Crippen molar-refractivity contribution in [2.45, 2.75) is 32.8 Å². The second-order valence-electron chi connectivity index (χ2n) is 5.29. The maximum atomic E-state index is 11.9. The molecule has 0 aliphatic carbocycles. The Hall–Kier alpha value is -0.590. The molecule has 0 bridgehead atoms. The Morgan fingerprint density at radius 3 is 2.50 bits per heavy atom. The van der Waals surface area contributed by atoms with Gasteiger partial charge in [0.25, 0.3) is 0 Å². The van der Waals surface area contributed by atoms with Gasteiger partial charge in [0.15, 0.2) is 0 Å². The van der Waals surface area contributed by atoms with E-state index >= 15 is 0 Å². The Bertz CT molecular complexity index is 484. The van der Waals surface area contributed by atoms with Gasteiger partial charge < -0.3 is 9.47 Å². The van der Waals surface area contributed by atoms with E-state index < -0.39 is 11.7 Å². The zero-order valence-electron chi connectivity index (χ0n) is 12.0. The Morgan fingerprint density at radius 2 is 1.95 bits per heavy atom. The molecule has 6 heteroatoms. The van der Waals surface area contributed by atoms with Crippen molar-refractivity contribution in [2.24, 2.45) is 0 Å². The average molecular weight is 409 g/mol. The number of carbonyl (C=O) groups is 1. The number of anilines is 1. The van der Waals surface area contributed by atoms with Crippen molar-refractivity contribution in [1.82, 2.24) is 0 Å². The lowest BCUT2D eigenvalue weighted by Crippen LogP contribution is -2.27. The molecule has 0 saturated heterocycles. The molecular weight excluding hydrogens is 390 g/mol. The summed E-state index contributed by atoms with van der Waals surface area (Å²) in [6.45, 7) is 6.06. The number of nitrogens with one attached hydrogen (secondary N) is 1. The first-order chi connectivity index (χ1) is 9.23. The number of halogens is 2. The van der Waals surface area contributed by atoms with Gasteiger partial charge in [-0.15, -0.1) is 0 Å². The maximum absolute atomic E-state index is 11.9. The Morgan fingerprint density at radius 1 is 1.30 bits per heavy atom. The number of hydrogen-bond acceptors (Lipinski definition) is 3. The fourth-order valence-electron chi connectivity index (χ4n) is 1.58. The van der Waals surface area contributed by atoms with Gasteiger partial charge in [-0.05, 0) is 60.8 Å². The van der Waals surface area contributed by atoms with Crippen molar-refractivity contribution in [2.75, 3.05) is 19.0 Å². The van der Waals surface area contributed by atoms with Gasteiger partial charge in [-0.25, -0.2) is 4.79 Å². The van der Waals surface area contributed by atoms with Gasteiger partial charge in [-0.1, -0.05) is 15.9 Å². The SMILES string of the molecule is COCCc1cc(Br)cc(Br)c1NC(=O)OC(C)(C)C. The van der Waals surface area contributed by atoms with Crippen LogP contribution < -0.4 is 5.32 Å². The summed E-state index contributed by atoms with van der Waals surface area (Å²) in [6.07, 6.45) is 0.221. The fraction of sp³-hybridized carbons (Fsp3) is 0.500. The van der Waals surface area contributed by atoms with Gasteiger partial charge in [0.2, 0.25) is 0 Å². The van der Waals surface area contributed by atoms with Crippen LogP contribution in [0.3, 0.4) is 0 Å². The van der Waals surface area contributed by atoms with Gasteiger partial charge >= 0.3 is 6.09 Å². The monoisotopic (exact) mass is 407 g/mol. The van der Waals surface area contributed by atoms with Crippen LogP contribution in [0.5, 0.6) is 0 Å². The Kier molecular flexibility index (Phi) is 6.48. The zero-order valence-corrected chi connectivity index (χ0v) is 15.2. The van der Waals surface area contributed by atoms with Crippen molar-refractivity contribution >= 4 is 43.6 Å². The van der Waals surface area contributed by atoms with Crippen molar-refractivity contribution < 1.29 is 14.3 Å². The topological polar surface area (TPSA) is 47.6 Å². The maximum Gasteiger partial charge on any atom is 0.412 e. The van der Waals surface area contributed by atoms with Crippen LogP contribution in [0.2, 0.25) is 0 Å². The number of benzene rings is 1. The summed E-state index contributed by atoms with van der Waals surface area (Å²) >= 11 is 6.90. The normalized spacial score (nSPS) is 11.3. The van der Waals surface area contributed by atoms with Crippen LogP contribution in [0, 0.1) is 0 Å². The lowest BCUT2D eigenvalue weighted by atomic mass is 10.1. The molecule has 0 spiro atoms. The number of ether oxygens (including phenoxy) is 2. The van der Waals surface area contributed by atoms with Crippen molar-refractivity contribution in [3.8, 4) is 0 Å². The first-order valence-electron chi connectivity index (χ1n) is 6.20. The number of methoxy groups -OCH3 is 1. The van der Waals surface area contributed by atoms with Gasteiger partial charge in [-0.3, -0.25) is 5.32 Å². The van der Waals surface area contributed by atoms with E-state index in [0.29, 0.717) is 18.7 Å². The molecule has 0 saturated carbocycles. The third-order valence-electron chi connectivity index (χ3n) is 2.34. The number of rotatable bonds is 4. The Labute approximate surface area is 136 Å². The van der Waals surface area contributed by atoms with Crippen molar-refractivity contribution in [3.63, 3.8) is 0 Å². The third kappa shape index (κ3) is 5.81. The molecule has 1 rings (SSSR count). The van der Waals surface area contributed by atoms with Crippen molar-refractivity contribution in [1.29, 1.82) is 0 Å². The number of amides is 1. The van der Waals surface area contributed by atoms with Gasteiger partial charge in [0, 0.05) is 16.1 Å². The van der Waals surface area contributed by atoms with E-state index in [1.165, 1.54) is 0 Å². The summed E-state index contributed by atoms with van der Waals surface area (Å²) in [4.78, 5) is 11.9. The lowest BCUT2D eigenvalue weighted by molar-refractivity contribution is 0.0635. The molecule has 20 heavy (non-hydrogen) atoms. The quantitative estimate of drug-likeness (QED) is 0.781. The smallest absolute Gasteiger partial charge is 0.412 e. The van der Waals surface area contributed by atoms with E-state index in [0.717, 1.165) is 14.5 Å². The molecule has 0 heterocycles. The highest BCUT2D eigenvalue weighted by Gasteiger charge is 2.18. The molecule has 1 aromatic rings. The van der Waals surface area contributed by atoms with Crippen LogP contribution in [0.1, 0.15) is 26.3 Å². The highest BCUT2D eigenvalue weighted by atomic mass is 79.9. The summed E-state index contributed by atoms with van der Waals surface area (Å²) in [5.41, 5.74) is 1.15. The molecule has 0 aliphatic heterocycles. The highest BCUT2D eigenvalue weighted by molar-refractivity contribution is 9.11. The Balaban J connectivity index is 2.95. The van der Waals surface area contributed by atoms with E-state index in [1.807, 2.05) is 32.9 Å². The highest BCUT2D eigenvalue weighted by Crippen LogP contribution is 2.31. The second kappa shape index (κ2) is 7.43. The van der Waals surface area contributed by atoms with Crippen LogP contribution in [0.4, 0.5) is 10.5 Å². The molecule has 0 aliphatic rings. The summed E-state index contributed by atoms with van der Waals surface area (Å²) in [7, 11) is 1.65. The van der Waals surface area contributed by atoms with E-state index in [9.17, 15) is 4.79 Å². The predicted octanol–water partition coefficient (Wildman–Crippen LogP) is 4.75. The first-order valence-corrected chi connectivity index (χ1v) is 7.78. The van der Waals surface area contributed by atoms with Gasteiger partial charge in [0.05, 0.1) is 12.3 Å². The number of hydrogen-bond donors (Lipinski definition) is 1. The molecular formula is C14H19Br2NO3. The van der Waals surface area contributed by atoms with E-state index in [1.54, 1.807) is 7.11 Å². The molecule has 1 N–H and O–H groups in total. The van der Waals surface area contributed by atoms with E-state index in [-0.39, 0.29) is 0 Å². The largest absolute Gasteiger partial charge is 0.444 e. The second-order valence-corrected chi connectivity index (χ2v) is 7.06. The van der Waals surface area contributed by atoms with Crippen LogP contribution in [0.25, 0.3) is 0 Å². The van der Waals surface area contributed by atoms with E-state index in [4.69, 9.17) is 9.47 Å². The molecule has 0 unspecified atom stereocenters. The molecule has 0 fully saturated rings. The third-order valence-corrected chi connectivity index (χ3v) is 3.42. The summed E-state index contributed by atoms with van der Waals surface area (Å²) < 4.78 is 12.1. The first kappa shape index (κ1) is 17.5. The standard InChI is InChI=1S/C14H19Br2NO3/c1-14(2,3)20-13(18)17-12-9(5-6-19-4)7-10(15)8-11(12)16/h7-8H,5-6H2,1-4H3,(H,17,18). The zero-order chi connectivity index (χ0) is 15.3. The summed E-state index contributed by atoms with van der Waals surface area (Å²) in [5.74, 6) is 0. The van der Waals surface area contributed by atoms with Crippen molar-refractivity contribution in [3.05, 3.63) is 26.6 Å². The minimum atomic E-state index is -0.529. The van der Waals surface area contributed by atoms with E-state index in [2.05, 4.69) is 37.2 Å². The molecule has 0 atom stereocenters. The molecule has 0 radical (unpaired) electrons. The molecule has 1 aromatic carbocycles. The molecule has 1 amide bonds. The minimum Gasteiger partial charge on any atom is -0.444 e. The molecule has 0 aromatic heterocycles. The minimum absolute atomic E-state index is 0.473. The number of carbonyl (C=O) groups excluding carboxylic acids is 1. The van der Waals surface area contributed by atoms with Gasteiger partial charge in [0.1, 0.15) is 5.60 Å². The summed E-state index contributed by atoms with van der Waals surface area (Å²) in [6, 6.07) is 3.83. The van der Waals surface area contributed by atoms with Crippen LogP contribution in [-0.4, -0.2) is 25.4 Å². The fourth-order valence-corrected chi connectivity index (χ4v) is 2.99. The van der Waals surface area contributed by atoms with Crippen LogP contribution in [0.15, 0.2) is 21.1 Å².